The van der Waals surface area contributed by atoms with Crippen molar-refractivity contribution in [3.8, 4) is 0 Å². The van der Waals surface area contributed by atoms with Crippen molar-refractivity contribution in [2.45, 2.75) is 26.7 Å². The van der Waals surface area contributed by atoms with Crippen molar-refractivity contribution in [3.05, 3.63) is 34.9 Å². The van der Waals surface area contributed by atoms with Gasteiger partial charge in [0.05, 0.1) is 5.69 Å². The first-order valence-electron chi connectivity index (χ1n) is 6.35. The molecule has 19 heavy (non-hydrogen) atoms. The molecule has 0 unspecified atom stereocenters. The lowest BCUT2D eigenvalue weighted by Crippen LogP contribution is -2.28. The van der Waals surface area contributed by atoms with Crippen LogP contribution in [-0.2, 0) is 6.42 Å². The zero-order valence-electron chi connectivity index (χ0n) is 11.5. The molecule has 0 aliphatic carbocycles. The molecule has 0 bridgehead atoms. The maximum atomic E-state index is 12.0. The molecule has 2 heterocycles. The van der Waals surface area contributed by atoms with Gasteiger partial charge in [-0.3, -0.25) is 15.0 Å². The molecule has 102 valence electrons. The van der Waals surface area contributed by atoms with Gasteiger partial charge in [-0.15, -0.1) is 0 Å². The highest BCUT2D eigenvalue weighted by molar-refractivity contribution is 5.91. The zero-order valence-corrected chi connectivity index (χ0v) is 11.5. The molecule has 0 radical (unpaired) electrons. The Labute approximate surface area is 112 Å². The summed E-state index contributed by atoms with van der Waals surface area (Å²) < 4.78 is 0. The molecular weight excluding hydrogens is 242 g/mol. The number of carbonyl (C=O) groups excluding carboxylic acids is 1. The topological polar surface area (TPSA) is 77.7 Å². The Morgan fingerprint density at radius 3 is 2.74 bits per heavy atom. The second-order valence-electron chi connectivity index (χ2n) is 4.71. The van der Waals surface area contributed by atoms with E-state index in [1.165, 1.54) is 5.56 Å². The van der Waals surface area contributed by atoms with Gasteiger partial charge in [-0.05, 0) is 38.3 Å². The van der Waals surface area contributed by atoms with Crippen LogP contribution in [0.15, 0.2) is 12.3 Å². The molecule has 0 saturated carbocycles. The van der Waals surface area contributed by atoms with Crippen molar-refractivity contribution in [2.24, 2.45) is 0 Å². The molecule has 0 spiro atoms. The third-order valence-electron chi connectivity index (χ3n) is 3.28. The molecule has 0 saturated heterocycles. The van der Waals surface area contributed by atoms with Crippen molar-refractivity contribution < 1.29 is 4.79 Å². The number of hydrogen-bond donors (Lipinski definition) is 2. The van der Waals surface area contributed by atoms with E-state index in [2.05, 4.69) is 20.4 Å². The van der Waals surface area contributed by atoms with Crippen molar-refractivity contribution in [3.63, 3.8) is 0 Å². The minimum Gasteiger partial charge on any atom is -0.340 e. The van der Waals surface area contributed by atoms with Crippen LogP contribution in [0.3, 0.4) is 0 Å². The Morgan fingerprint density at radius 2 is 2.16 bits per heavy atom. The molecule has 0 aliphatic heterocycles. The van der Waals surface area contributed by atoms with Crippen LogP contribution in [0.4, 0.5) is 0 Å². The Bertz CT molecular complexity index is 524. The third kappa shape index (κ3) is 3.01. The second kappa shape index (κ2) is 5.69. The Hall–Kier alpha value is -2.11. The number of nitrogens with one attached hydrogen (secondary N) is 2. The van der Waals surface area contributed by atoms with Gasteiger partial charge in [-0.25, -0.2) is 0 Å². The number of nitrogens with zero attached hydrogens (tertiary/aromatic N) is 3. The van der Waals surface area contributed by atoms with E-state index in [1.54, 1.807) is 24.2 Å². The monoisotopic (exact) mass is 261 g/mol. The molecule has 0 aliphatic rings. The van der Waals surface area contributed by atoms with Gasteiger partial charge in [0.2, 0.25) is 0 Å². The lowest BCUT2D eigenvalue weighted by molar-refractivity contribution is 0.0788. The van der Waals surface area contributed by atoms with Gasteiger partial charge in [-0.2, -0.15) is 10.2 Å². The standard InChI is InChI=1S/C13H19N5O/c1-9-11(10(2)16-15-9)5-4-8-18(3)13(19)12-6-7-14-17-12/h6-7H,4-5,8H2,1-3H3,(H,14,17)(H,15,16). The molecule has 2 N–H and O–H groups in total. The predicted octanol–water partition coefficient (Wildman–Crippen LogP) is 1.45. The number of H-pyrrole nitrogens is 2. The molecule has 2 rings (SSSR count). The summed E-state index contributed by atoms with van der Waals surface area (Å²) in [7, 11) is 1.80. The number of aromatic amines is 2. The molecule has 1 amide bonds. The van der Waals surface area contributed by atoms with Crippen LogP contribution in [0, 0.1) is 13.8 Å². The first kappa shape index (κ1) is 13.3. The van der Waals surface area contributed by atoms with E-state index in [0.29, 0.717) is 12.2 Å². The van der Waals surface area contributed by atoms with Crippen molar-refractivity contribution in [1.29, 1.82) is 0 Å². The summed E-state index contributed by atoms with van der Waals surface area (Å²) >= 11 is 0. The lowest BCUT2D eigenvalue weighted by atomic mass is 10.1. The maximum Gasteiger partial charge on any atom is 0.271 e. The summed E-state index contributed by atoms with van der Waals surface area (Å²) in [6.45, 7) is 4.73. The highest BCUT2D eigenvalue weighted by Gasteiger charge is 2.13. The number of carbonyl (C=O) groups is 1. The van der Waals surface area contributed by atoms with E-state index < -0.39 is 0 Å². The van der Waals surface area contributed by atoms with Crippen LogP contribution in [0.1, 0.15) is 33.9 Å². The third-order valence-corrected chi connectivity index (χ3v) is 3.28. The molecule has 0 aromatic carbocycles. The van der Waals surface area contributed by atoms with E-state index in [9.17, 15) is 4.79 Å². The van der Waals surface area contributed by atoms with Gasteiger partial charge < -0.3 is 4.90 Å². The second-order valence-corrected chi connectivity index (χ2v) is 4.71. The first-order valence-corrected chi connectivity index (χ1v) is 6.35. The Morgan fingerprint density at radius 1 is 1.37 bits per heavy atom. The van der Waals surface area contributed by atoms with Crippen LogP contribution in [0.25, 0.3) is 0 Å². The van der Waals surface area contributed by atoms with E-state index in [0.717, 1.165) is 24.2 Å². The number of aryl methyl sites for hydroxylation is 2. The van der Waals surface area contributed by atoms with Gasteiger partial charge in [0, 0.05) is 25.5 Å². The van der Waals surface area contributed by atoms with E-state index >= 15 is 0 Å². The van der Waals surface area contributed by atoms with Crippen molar-refractivity contribution in [2.75, 3.05) is 13.6 Å². The summed E-state index contributed by atoms with van der Waals surface area (Å²) in [6, 6.07) is 1.68. The Kier molecular flexibility index (Phi) is 3.99. The number of amides is 1. The molecule has 0 fully saturated rings. The van der Waals surface area contributed by atoms with Gasteiger partial charge in [0.25, 0.3) is 5.91 Å². The summed E-state index contributed by atoms with van der Waals surface area (Å²) in [5.74, 6) is -0.0295. The molecular formula is C13H19N5O. The summed E-state index contributed by atoms with van der Waals surface area (Å²) in [5.41, 5.74) is 3.93. The molecule has 6 nitrogen and oxygen atoms in total. The minimum atomic E-state index is -0.0295. The van der Waals surface area contributed by atoms with Crippen molar-refractivity contribution in [1.82, 2.24) is 25.3 Å². The number of rotatable bonds is 5. The summed E-state index contributed by atoms with van der Waals surface area (Å²) in [6.07, 6.45) is 3.42. The van der Waals surface area contributed by atoms with Crippen LogP contribution in [0.5, 0.6) is 0 Å². The molecule has 0 atom stereocenters. The van der Waals surface area contributed by atoms with Gasteiger partial charge >= 0.3 is 0 Å². The van der Waals surface area contributed by atoms with Crippen LogP contribution < -0.4 is 0 Å². The maximum absolute atomic E-state index is 12.0. The molecule has 2 aromatic rings. The first-order chi connectivity index (χ1) is 9.09. The van der Waals surface area contributed by atoms with E-state index in [1.807, 2.05) is 13.8 Å². The fourth-order valence-corrected chi connectivity index (χ4v) is 2.12. The quantitative estimate of drug-likeness (QED) is 0.855. The van der Waals surface area contributed by atoms with Crippen LogP contribution in [-0.4, -0.2) is 44.8 Å². The Balaban J connectivity index is 1.84. The lowest BCUT2D eigenvalue weighted by Gasteiger charge is -2.15. The van der Waals surface area contributed by atoms with E-state index in [-0.39, 0.29) is 5.91 Å². The highest BCUT2D eigenvalue weighted by atomic mass is 16.2. The number of aromatic nitrogens is 4. The predicted molar refractivity (Wildman–Crippen MR) is 71.9 cm³/mol. The summed E-state index contributed by atoms with van der Waals surface area (Å²) in [4.78, 5) is 13.7. The molecule has 6 heteroatoms. The fourth-order valence-electron chi connectivity index (χ4n) is 2.12. The van der Waals surface area contributed by atoms with Crippen molar-refractivity contribution >= 4 is 5.91 Å². The largest absolute Gasteiger partial charge is 0.340 e. The van der Waals surface area contributed by atoms with E-state index in [4.69, 9.17) is 0 Å². The minimum absolute atomic E-state index is 0.0295. The number of hydrogen-bond acceptors (Lipinski definition) is 3. The highest BCUT2D eigenvalue weighted by Crippen LogP contribution is 2.12. The van der Waals surface area contributed by atoms with Gasteiger partial charge in [0.15, 0.2) is 0 Å². The average molecular weight is 261 g/mol. The van der Waals surface area contributed by atoms with Gasteiger partial charge in [-0.1, -0.05) is 0 Å². The van der Waals surface area contributed by atoms with Crippen LogP contribution >= 0.6 is 0 Å². The molecule has 2 aromatic heterocycles. The zero-order chi connectivity index (χ0) is 13.8. The van der Waals surface area contributed by atoms with Crippen LogP contribution in [0.2, 0.25) is 0 Å². The van der Waals surface area contributed by atoms with Gasteiger partial charge in [0.1, 0.15) is 5.69 Å². The summed E-state index contributed by atoms with van der Waals surface area (Å²) in [5, 5.41) is 13.6. The smallest absolute Gasteiger partial charge is 0.271 e. The SMILES string of the molecule is Cc1n[nH]c(C)c1CCCN(C)C(=O)c1ccn[nH]1. The normalized spacial score (nSPS) is 10.7. The average Bonchev–Trinajstić information content (AvgIpc) is 3.02. The fraction of sp³-hybridized carbons (Fsp3) is 0.462.